The van der Waals surface area contributed by atoms with Gasteiger partial charge in [-0.2, -0.15) is 0 Å². The van der Waals surface area contributed by atoms with Gasteiger partial charge in [-0.25, -0.2) is 0 Å². The van der Waals surface area contributed by atoms with Gasteiger partial charge in [0.05, 0.1) is 12.4 Å². The van der Waals surface area contributed by atoms with Crippen molar-refractivity contribution in [1.29, 1.82) is 10.8 Å². The van der Waals surface area contributed by atoms with E-state index in [0.29, 0.717) is 22.8 Å². The summed E-state index contributed by atoms with van der Waals surface area (Å²) in [5, 5.41) is 17.3. The molecule has 2 amide bonds. The summed E-state index contributed by atoms with van der Waals surface area (Å²) in [5.41, 5.74) is 13.0. The molecule has 0 radical (unpaired) electrons. The minimum atomic E-state index is -1.05. The van der Waals surface area contributed by atoms with Crippen LogP contribution in [0.3, 0.4) is 0 Å². The van der Waals surface area contributed by atoms with E-state index >= 15 is 0 Å². The number of anilines is 1. The maximum atomic E-state index is 12.7. The molecule has 0 atom stereocenters. The van der Waals surface area contributed by atoms with Gasteiger partial charge in [0, 0.05) is 37.2 Å². The smallest absolute Gasteiger partial charge is 0.316 e. The van der Waals surface area contributed by atoms with Crippen LogP contribution in [0.25, 0.3) is 10.8 Å². The summed E-state index contributed by atoms with van der Waals surface area (Å²) in [6, 6.07) is 18.2. The van der Waals surface area contributed by atoms with Crippen molar-refractivity contribution < 1.29 is 14.3 Å². The van der Waals surface area contributed by atoms with Crippen LogP contribution >= 0.6 is 24.8 Å². The second-order valence-corrected chi connectivity index (χ2v) is 8.91. The molecule has 1 heterocycles. The second kappa shape index (κ2) is 13.1. The van der Waals surface area contributed by atoms with E-state index in [1.807, 2.05) is 35.2 Å². The largest absolute Gasteiger partial charge is 0.490 e. The van der Waals surface area contributed by atoms with Crippen LogP contribution in [0.2, 0.25) is 0 Å². The zero-order valence-electron chi connectivity index (χ0n) is 21.0. The number of carbonyl (C=O) groups excluding carboxylic acids is 2. The maximum absolute atomic E-state index is 12.7. The van der Waals surface area contributed by atoms with Crippen molar-refractivity contribution in [3.05, 3.63) is 71.8 Å². The Bertz CT molecular complexity index is 1320. The van der Waals surface area contributed by atoms with Gasteiger partial charge in [-0.1, -0.05) is 30.3 Å². The number of nitrogen functional groups attached to an aromatic ring is 1. The van der Waals surface area contributed by atoms with Gasteiger partial charge in [-0.15, -0.1) is 24.8 Å². The molecule has 0 aliphatic carbocycles. The Morgan fingerprint density at radius 1 is 1.00 bits per heavy atom. The lowest BCUT2D eigenvalue weighted by Crippen LogP contribution is -2.40. The summed E-state index contributed by atoms with van der Waals surface area (Å²) in [5.74, 6) is -0.670. The molecule has 202 valence electrons. The van der Waals surface area contributed by atoms with Crippen molar-refractivity contribution >= 4 is 64.8 Å². The topological polar surface area (TPSA) is 150 Å². The van der Waals surface area contributed by atoms with Gasteiger partial charge in [0.25, 0.3) is 0 Å². The molecule has 0 aromatic heterocycles. The fourth-order valence-corrected chi connectivity index (χ4v) is 4.46. The maximum Gasteiger partial charge on any atom is 0.316 e. The van der Waals surface area contributed by atoms with Crippen molar-refractivity contribution in [2.24, 2.45) is 11.5 Å². The Balaban J connectivity index is 0.00000253. The van der Waals surface area contributed by atoms with Gasteiger partial charge in [0.1, 0.15) is 17.7 Å². The lowest BCUT2D eigenvalue weighted by molar-refractivity contribution is -0.135. The molecule has 1 aliphatic heterocycles. The molecule has 38 heavy (non-hydrogen) atoms. The van der Waals surface area contributed by atoms with Gasteiger partial charge in [0.2, 0.25) is 0 Å². The molecule has 9 nitrogen and oxygen atoms in total. The lowest BCUT2D eigenvalue weighted by atomic mass is 10.0. The van der Waals surface area contributed by atoms with Crippen molar-refractivity contribution in [3.63, 3.8) is 0 Å². The van der Waals surface area contributed by atoms with E-state index in [1.165, 1.54) is 4.90 Å². The van der Waals surface area contributed by atoms with Crippen LogP contribution in [-0.4, -0.2) is 47.6 Å². The molecule has 1 aliphatic rings. The summed E-state index contributed by atoms with van der Waals surface area (Å²) in [6.45, 7) is 3.48. The average Bonchev–Trinajstić information content (AvgIpc) is 2.87. The standard InChI is InChI=1S/C27H30N6O3.2ClH/c1-17(28)32-13-11-22(12-14-32)36-21-9-7-20(8-10-21)33(27(35)26(31)34)16-18-5-6-19-3-2-4-23(25(29)30)24(19)15-18;;/h2-10,15,22,28H,11-14,16H2,1H3,(H3,29,30)(H2,31,34);2*1H. The number of amidine groups is 2. The zero-order chi connectivity index (χ0) is 25.8. The minimum absolute atomic E-state index is 0. The van der Waals surface area contributed by atoms with Crippen LogP contribution in [0, 0.1) is 10.8 Å². The number of rotatable bonds is 6. The molecule has 3 aromatic rings. The summed E-state index contributed by atoms with van der Waals surface area (Å²) < 4.78 is 6.10. The number of fused-ring (bicyclic) bond motifs is 1. The molecule has 6 N–H and O–H groups in total. The van der Waals surface area contributed by atoms with Crippen LogP contribution in [0.4, 0.5) is 5.69 Å². The predicted octanol–water partition coefficient (Wildman–Crippen LogP) is 3.83. The van der Waals surface area contributed by atoms with Gasteiger partial charge in [0.15, 0.2) is 0 Å². The summed E-state index contributed by atoms with van der Waals surface area (Å²) in [7, 11) is 0. The summed E-state index contributed by atoms with van der Waals surface area (Å²) >= 11 is 0. The molecular formula is C27H32Cl2N6O3. The first-order valence-electron chi connectivity index (χ1n) is 11.8. The van der Waals surface area contributed by atoms with E-state index in [2.05, 4.69) is 0 Å². The number of hydrogen-bond acceptors (Lipinski definition) is 5. The van der Waals surface area contributed by atoms with E-state index in [-0.39, 0.29) is 43.3 Å². The quantitative estimate of drug-likeness (QED) is 0.206. The molecule has 0 unspecified atom stereocenters. The highest BCUT2D eigenvalue weighted by molar-refractivity contribution is 6.39. The Morgan fingerprint density at radius 3 is 2.24 bits per heavy atom. The number of ether oxygens (including phenoxy) is 1. The fourth-order valence-electron chi connectivity index (χ4n) is 4.46. The van der Waals surface area contributed by atoms with Gasteiger partial charge in [-0.3, -0.25) is 25.3 Å². The highest BCUT2D eigenvalue weighted by Crippen LogP contribution is 2.26. The normalized spacial score (nSPS) is 13.1. The number of nitrogens with zero attached hydrogens (tertiary/aromatic N) is 2. The molecule has 4 rings (SSSR count). The molecular weight excluding hydrogens is 527 g/mol. The molecule has 11 heteroatoms. The molecule has 3 aromatic carbocycles. The van der Waals surface area contributed by atoms with Crippen molar-refractivity contribution in [2.45, 2.75) is 32.4 Å². The average molecular weight is 559 g/mol. The Hall–Kier alpha value is -3.82. The van der Waals surface area contributed by atoms with Crippen LogP contribution in [0.15, 0.2) is 60.7 Å². The highest BCUT2D eigenvalue weighted by Gasteiger charge is 2.23. The number of amides is 2. The third kappa shape index (κ3) is 6.93. The number of nitrogens with one attached hydrogen (secondary N) is 2. The van der Waals surface area contributed by atoms with Crippen molar-refractivity contribution in [2.75, 3.05) is 18.0 Å². The highest BCUT2D eigenvalue weighted by atomic mass is 35.5. The van der Waals surface area contributed by atoms with E-state index in [9.17, 15) is 9.59 Å². The van der Waals surface area contributed by atoms with Gasteiger partial charge >= 0.3 is 11.8 Å². The number of halogens is 2. The number of carbonyl (C=O) groups is 2. The predicted molar refractivity (Wildman–Crippen MR) is 155 cm³/mol. The lowest BCUT2D eigenvalue weighted by Gasteiger charge is -2.32. The van der Waals surface area contributed by atoms with E-state index in [1.54, 1.807) is 37.3 Å². The number of nitrogens with two attached hydrogens (primary N) is 2. The SMILES string of the molecule is CC(=N)N1CCC(Oc2ccc(N(Cc3ccc4cccc(C(=N)N)c4c3)C(=O)C(N)=O)cc2)CC1.Cl.Cl. The van der Waals surface area contributed by atoms with Crippen LogP contribution in [0.5, 0.6) is 5.75 Å². The summed E-state index contributed by atoms with van der Waals surface area (Å²) in [6.07, 6.45) is 1.71. The number of piperidine rings is 1. The molecule has 0 bridgehead atoms. The number of benzene rings is 3. The van der Waals surface area contributed by atoms with E-state index in [0.717, 1.165) is 42.3 Å². The first-order chi connectivity index (χ1) is 17.2. The first kappa shape index (κ1) is 30.4. The minimum Gasteiger partial charge on any atom is -0.490 e. The summed E-state index contributed by atoms with van der Waals surface area (Å²) in [4.78, 5) is 27.9. The van der Waals surface area contributed by atoms with E-state index < -0.39 is 11.8 Å². The van der Waals surface area contributed by atoms with Gasteiger partial charge < -0.3 is 21.1 Å². The van der Waals surface area contributed by atoms with Crippen LogP contribution in [0.1, 0.15) is 30.9 Å². The van der Waals surface area contributed by atoms with Crippen molar-refractivity contribution in [1.82, 2.24) is 4.90 Å². The van der Waals surface area contributed by atoms with Crippen LogP contribution < -0.4 is 21.1 Å². The molecule has 1 fully saturated rings. The number of likely N-dealkylation sites (tertiary alicyclic amines) is 1. The van der Waals surface area contributed by atoms with Gasteiger partial charge in [-0.05, 0) is 53.6 Å². The van der Waals surface area contributed by atoms with Crippen LogP contribution in [-0.2, 0) is 16.1 Å². The third-order valence-corrected chi connectivity index (χ3v) is 6.40. The number of hydrogen-bond donors (Lipinski definition) is 4. The molecule has 0 saturated carbocycles. The first-order valence-corrected chi connectivity index (χ1v) is 11.8. The molecule has 0 spiro atoms. The fraction of sp³-hybridized carbons (Fsp3) is 0.259. The monoisotopic (exact) mass is 558 g/mol. The molecule has 1 saturated heterocycles. The number of primary amides is 1. The van der Waals surface area contributed by atoms with Crippen molar-refractivity contribution in [3.8, 4) is 5.75 Å². The zero-order valence-corrected chi connectivity index (χ0v) is 22.6. The third-order valence-electron chi connectivity index (χ3n) is 6.40. The Morgan fingerprint density at radius 2 is 1.66 bits per heavy atom. The second-order valence-electron chi connectivity index (χ2n) is 8.91. The Labute approximate surface area is 233 Å². The Kier molecular flexibility index (Phi) is 10.5. The van der Waals surface area contributed by atoms with E-state index in [4.69, 9.17) is 27.0 Å².